The summed E-state index contributed by atoms with van der Waals surface area (Å²) in [7, 11) is 0. The van der Waals surface area contributed by atoms with E-state index >= 15 is 0 Å². The van der Waals surface area contributed by atoms with E-state index in [-0.39, 0.29) is 25.8 Å². The molecule has 8 N–H and O–H groups in total. The van der Waals surface area contributed by atoms with Crippen LogP contribution in [0, 0.1) is 0 Å². The van der Waals surface area contributed by atoms with Crippen molar-refractivity contribution in [3.8, 4) is 0 Å². The molecule has 192 valence electrons. The number of aromatic amines is 1. The summed E-state index contributed by atoms with van der Waals surface area (Å²) in [5.74, 6) is -6.34. The summed E-state index contributed by atoms with van der Waals surface area (Å²) < 4.78 is 0. The normalized spacial score (nSPS) is 17.7. The number of nitrogens with one attached hydrogen (secondary N) is 3. The molecule has 1 aromatic heterocycles. The standard InChI is InChI=1S/C20H28N6O9/c21-11(7-16(29)30)17(31)24-12(3-4-15(27)28)18(32)25-13(6-10-8-22-9-23-10)19(33)26-5-1-2-14(26)20(34)35/h8-9,11-14H,1-7,21H2,(H,22,23)(H,24,31)(H,25,32)(H,27,28)(H,29,30)(H,34,35). The molecule has 35 heavy (non-hydrogen) atoms. The van der Waals surface area contributed by atoms with Gasteiger partial charge in [-0.3, -0.25) is 24.0 Å². The first kappa shape index (κ1) is 27.2. The SMILES string of the molecule is NC(CC(=O)O)C(=O)NC(CCC(=O)O)C(=O)NC(Cc1cnc[nH]1)C(=O)N1CCCC1C(=O)O. The number of carboxylic acids is 3. The smallest absolute Gasteiger partial charge is 0.326 e. The van der Waals surface area contributed by atoms with Gasteiger partial charge < -0.3 is 41.6 Å². The highest BCUT2D eigenvalue weighted by Gasteiger charge is 2.38. The Morgan fingerprint density at radius 3 is 2.34 bits per heavy atom. The van der Waals surface area contributed by atoms with Crippen molar-refractivity contribution in [3.05, 3.63) is 18.2 Å². The van der Waals surface area contributed by atoms with Crippen LogP contribution in [0.5, 0.6) is 0 Å². The van der Waals surface area contributed by atoms with Gasteiger partial charge in [0.05, 0.1) is 18.8 Å². The number of carbonyl (C=O) groups is 6. The molecule has 3 amide bonds. The van der Waals surface area contributed by atoms with E-state index in [4.69, 9.17) is 15.9 Å². The van der Waals surface area contributed by atoms with Crippen LogP contribution in [-0.2, 0) is 35.2 Å². The molecule has 2 rings (SSSR count). The third-order valence-corrected chi connectivity index (χ3v) is 5.43. The molecule has 1 aliphatic heterocycles. The van der Waals surface area contributed by atoms with Gasteiger partial charge in [0.25, 0.3) is 0 Å². The molecule has 2 heterocycles. The van der Waals surface area contributed by atoms with Crippen molar-refractivity contribution in [1.82, 2.24) is 25.5 Å². The molecular formula is C20H28N6O9. The number of nitrogens with two attached hydrogens (primary N) is 1. The summed E-state index contributed by atoms with van der Waals surface area (Å²) >= 11 is 0. The number of carbonyl (C=O) groups excluding carboxylic acids is 3. The topological polar surface area (TPSA) is 245 Å². The van der Waals surface area contributed by atoms with Crippen LogP contribution in [0.25, 0.3) is 0 Å². The van der Waals surface area contributed by atoms with Crippen LogP contribution >= 0.6 is 0 Å². The number of likely N-dealkylation sites (tertiary alicyclic amines) is 1. The van der Waals surface area contributed by atoms with Gasteiger partial charge in [0.15, 0.2) is 0 Å². The lowest BCUT2D eigenvalue weighted by molar-refractivity contribution is -0.149. The quantitative estimate of drug-likeness (QED) is 0.152. The molecule has 1 aliphatic rings. The van der Waals surface area contributed by atoms with E-state index in [9.17, 15) is 33.9 Å². The van der Waals surface area contributed by atoms with Crippen molar-refractivity contribution in [2.24, 2.45) is 5.73 Å². The summed E-state index contributed by atoms with van der Waals surface area (Å²) in [6, 6.07) is -5.24. The highest BCUT2D eigenvalue weighted by atomic mass is 16.4. The van der Waals surface area contributed by atoms with Crippen LogP contribution in [0.1, 0.15) is 37.8 Å². The molecule has 4 atom stereocenters. The van der Waals surface area contributed by atoms with Gasteiger partial charge in [0, 0.05) is 31.3 Å². The molecule has 1 fully saturated rings. The lowest BCUT2D eigenvalue weighted by Crippen LogP contribution is -2.57. The number of hydrogen-bond acceptors (Lipinski definition) is 8. The largest absolute Gasteiger partial charge is 0.481 e. The number of nitrogens with zero attached hydrogens (tertiary/aromatic N) is 2. The minimum absolute atomic E-state index is 0.0778. The molecule has 1 aromatic rings. The number of imidazole rings is 1. The number of carboxylic acid groups (broad SMARTS) is 3. The first-order valence-electron chi connectivity index (χ1n) is 10.8. The van der Waals surface area contributed by atoms with E-state index in [0.717, 1.165) is 4.90 Å². The molecule has 4 unspecified atom stereocenters. The summed E-state index contributed by atoms with van der Waals surface area (Å²) in [5, 5.41) is 31.9. The highest BCUT2D eigenvalue weighted by Crippen LogP contribution is 2.19. The predicted octanol–water partition coefficient (Wildman–Crippen LogP) is -2.34. The fraction of sp³-hybridized carbons (Fsp3) is 0.550. The van der Waals surface area contributed by atoms with Crippen molar-refractivity contribution < 1.29 is 44.1 Å². The average Bonchev–Trinajstić information content (AvgIpc) is 3.46. The number of aliphatic carboxylic acids is 3. The lowest BCUT2D eigenvalue weighted by atomic mass is 10.1. The minimum atomic E-state index is -1.49. The zero-order valence-electron chi connectivity index (χ0n) is 18.7. The number of hydrogen-bond donors (Lipinski definition) is 7. The molecule has 0 saturated carbocycles. The minimum Gasteiger partial charge on any atom is -0.481 e. The third kappa shape index (κ3) is 8.06. The maximum Gasteiger partial charge on any atom is 0.326 e. The van der Waals surface area contributed by atoms with Crippen molar-refractivity contribution in [3.63, 3.8) is 0 Å². The number of rotatable bonds is 13. The Morgan fingerprint density at radius 1 is 1.09 bits per heavy atom. The molecule has 0 aliphatic carbocycles. The van der Waals surface area contributed by atoms with Crippen LogP contribution in [-0.4, -0.2) is 96.5 Å². The molecule has 15 heteroatoms. The van der Waals surface area contributed by atoms with E-state index < -0.39 is 72.6 Å². The Labute approximate surface area is 199 Å². The number of H-pyrrole nitrogens is 1. The Balaban J connectivity index is 2.22. The lowest BCUT2D eigenvalue weighted by Gasteiger charge is -2.28. The Bertz CT molecular complexity index is 951. The Hall–Kier alpha value is -4.01. The van der Waals surface area contributed by atoms with E-state index in [0.29, 0.717) is 12.1 Å². The van der Waals surface area contributed by atoms with Crippen molar-refractivity contribution in [1.29, 1.82) is 0 Å². The number of aromatic nitrogens is 2. The van der Waals surface area contributed by atoms with E-state index in [2.05, 4.69) is 20.6 Å². The first-order chi connectivity index (χ1) is 16.5. The van der Waals surface area contributed by atoms with Gasteiger partial charge in [0.1, 0.15) is 18.1 Å². The maximum atomic E-state index is 13.2. The van der Waals surface area contributed by atoms with Crippen molar-refractivity contribution >= 4 is 35.6 Å². The molecule has 0 radical (unpaired) electrons. The first-order valence-corrected chi connectivity index (χ1v) is 10.8. The average molecular weight is 496 g/mol. The summed E-state index contributed by atoms with van der Waals surface area (Å²) in [5.41, 5.74) is 5.98. The summed E-state index contributed by atoms with van der Waals surface area (Å²) in [4.78, 5) is 79.7. The molecular weight excluding hydrogens is 468 g/mol. The van der Waals surface area contributed by atoms with Crippen LogP contribution in [0.4, 0.5) is 0 Å². The van der Waals surface area contributed by atoms with Crippen LogP contribution in [0.2, 0.25) is 0 Å². The molecule has 0 spiro atoms. The monoisotopic (exact) mass is 496 g/mol. The fourth-order valence-corrected chi connectivity index (χ4v) is 3.67. The van der Waals surface area contributed by atoms with Gasteiger partial charge in [0.2, 0.25) is 17.7 Å². The second-order valence-corrected chi connectivity index (χ2v) is 8.07. The molecule has 0 aromatic carbocycles. The van der Waals surface area contributed by atoms with Crippen molar-refractivity contribution in [2.45, 2.75) is 62.7 Å². The van der Waals surface area contributed by atoms with E-state index in [1.165, 1.54) is 12.5 Å². The summed E-state index contributed by atoms with van der Waals surface area (Å²) in [6.07, 6.45) is 1.82. The number of amides is 3. The highest BCUT2D eigenvalue weighted by molar-refractivity contribution is 5.95. The van der Waals surface area contributed by atoms with Gasteiger partial charge in [-0.2, -0.15) is 0 Å². The Morgan fingerprint density at radius 2 is 1.77 bits per heavy atom. The zero-order chi connectivity index (χ0) is 26.1. The van der Waals surface area contributed by atoms with Gasteiger partial charge in [-0.05, 0) is 19.3 Å². The summed E-state index contributed by atoms with van der Waals surface area (Å²) in [6.45, 7) is 0.175. The van der Waals surface area contributed by atoms with Crippen LogP contribution in [0.15, 0.2) is 12.5 Å². The molecule has 0 bridgehead atoms. The third-order valence-electron chi connectivity index (χ3n) is 5.43. The fourth-order valence-electron chi connectivity index (χ4n) is 3.67. The second kappa shape index (κ2) is 12.5. The van der Waals surface area contributed by atoms with Crippen molar-refractivity contribution in [2.75, 3.05) is 6.54 Å². The molecule has 1 saturated heterocycles. The Kier molecular flexibility index (Phi) is 9.69. The zero-order valence-corrected chi connectivity index (χ0v) is 18.7. The van der Waals surface area contributed by atoms with Crippen LogP contribution < -0.4 is 16.4 Å². The second-order valence-electron chi connectivity index (χ2n) is 8.07. The van der Waals surface area contributed by atoms with Gasteiger partial charge in [-0.25, -0.2) is 9.78 Å². The predicted molar refractivity (Wildman–Crippen MR) is 116 cm³/mol. The van der Waals surface area contributed by atoms with E-state index in [1.807, 2.05) is 0 Å². The van der Waals surface area contributed by atoms with Crippen LogP contribution in [0.3, 0.4) is 0 Å². The molecule has 15 nitrogen and oxygen atoms in total. The van der Waals surface area contributed by atoms with Gasteiger partial charge in [-0.1, -0.05) is 0 Å². The van der Waals surface area contributed by atoms with E-state index in [1.54, 1.807) is 0 Å². The van der Waals surface area contributed by atoms with Gasteiger partial charge in [-0.15, -0.1) is 0 Å². The maximum absolute atomic E-state index is 13.2. The van der Waals surface area contributed by atoms with Gasteiger partial charge >= 0.3 is 17.9 Å².